The third-order valence-electron chi connectivity index (χ3n) is 5.38. The highest BCUT2D eigenvalue weighted by atomic mass is 19.1. The Bertz CT molecular complexity index is 759. The Morgan fingerprint density at radius 3 is 2.56 bits per heavy atom. The summed E-state index contributed by atoms with van der Waals surface area (Å²) in [5, 5.41) is 8.09. The third kappa shape index (κ3) is 3.04. The van der Waals surface area contributed by atoms with Crippen LogP contribution in [0.25, 0.3) is 5.69 Å². The van der Waals surface area contributed by atoms with Gasteiger partial charge in [0.1, 0.15) is 5.82 Å². The molecule has 6 nitrogen and oxygen atoms in total. The van der Waals surface area contributed by atoms with Gasteiger partial charge in [0.25, 0.3) is 5.91 Å². The molecule has 2 atom stereocenters. The zero-order valence-electron chi connectivity index (χ0n) is 14.3. The van der Waals surface area contributed by atoms with E-state index in [1.807, 2.05) is 4.90 Å². The Morgan fingerprint density at radius 2 is 1.84 bits per heavy atom. The molecule has 1 amide bonds. The fraction of sp³-hybridized carbons (Fsp3) is 0.500. The number of likely N-dealkylation sites (tertiary alicyclic amines) is 2. The van der Waals surface area contributed by atoms with Gasteiger partial charge in [0.2, 0.25) is 0 Å². The van der Waals surface area contributed by atoms with E-state index in [9.17, 15) is 9.18 Å². The first-order valence-electron chi connectivity index (χ1n) is 8.83. The van der Waals surface area contributed by atoms with Crippen LogP contribution < -0.4 is 0 Å². The maximum absolute atomic E-state index is 13.1. The number of hydrogen-bond acceptors (Lipinski definition) is 4. The number of halogens is 1. The molecule has 2 aliphatic rings. The van der Waals surface area contributed by atoms with Crippen molar-refractivity contribution in [3.8, 4) is 5.69 Å². The summed E-state index contributed by atoms with van der Waals surface area (Å²) < 4.78 is 14.6. The Morgan fingerprint density at radius 1 is 1.12 bits per heavy atom. The molecule has 0 aliphatic carbocycles. The smallest absolute Gasteiger partial charge is 0.276 e. The summed E-state index contributed by atoms with van der Waals surface area (Å²) in [5.74, 6) is -0.364. The number of aromatic nitrogens is 3. The number of likely N-dealkylation sites (N-methyl/N-ethyl adjacent to an activating group) is 1. The molecule has 0 unspecified atom stereocenters. The zero-order chi connectivity index (χ0) is 17.4. The molecule has 1 aromatic heterocycles. The third-order valence-corrected chi connectivity index (χ3v) is 5.38. The van der Waals surface area contributed by atoms with E-state index in [4.69, 9.17) is 0 Å². The molecule has 2 aliphatic heterocycles. The van der Waals surface area contributed by atoms with Gasteiger partial charge in [-0.15, -0.1) is 5.10 Å². The van der Waals surface area contributed by atoms with Crippen LogP contribution in [-0.2, 0) is 0 Å². The van der Waals surface area contributed by atoms with Crippen molar-refractivity contribution in [1.82, 2.24) is 24.8 Å². The minimum Gasteiger partial charge on any atom is -0.333 e. The van der Waals surface area contributed by atoms with Crippen molar-refractivity contribution in [1.29, 1.82) is 0 Å². The van der Waals surface area contributed by atoms with Gasteiger partial charge >= 0.3 is 0 Å². The quantitative estimate of drug-likeness (QED) is 0.856. The summed E-state index contributed by atoms with van der Waals surface area (Å²) in [5.41, 5.74) is 1.03. The van der Waals surface area contributed by atoms with Crippen LogP contribution >= 0.6 is 0 Å². The highest BCUT2D eigenvalue weighted by molar-refractivity contribution is 5.92. The number of hydrogen-bond donors (Lipinski definition) is 0. The fourth-order valence-corrected chi connectivity index (χ4v) is 4.10. The van der Waals surface area contributed by atoms with Gasteiger partial charge in [-0.1, -0.05) is 5.21 Å². The van der Waals surface area contributed by atoms with Crippen molar-refractivity contribution in [2.24, 2.45) is 0 Å². The number of amides is 1. The average molecular weight is 343 g/mol. The Hall–Kier alpha value is -2.28. The highest BCUT2D eigenvalue weighted by Crippen LogP contribution is 2.29. The summed E-state index contributed by atoms with van der Waals surface area (Å²) in [6, 6.07) is 6.67. The molecule has 1 aromatic carbocycles. The standard InChI is InChI=1S/C18H22FN5O/c1-22-10-2-4-16(22)17-5-3-11-23(17)18(25)15-12-24(21-20-15)14-8-6-13(19)7-9-14/h6-9,12,16-17H,2-5,10-11H2,1H3/t16-,17+/m0/s1. The molecule has 0 bridgehead atoms. The summed E-state index contributed by atoms with van der Waals surface area (Å²) >= 11 is 0. The van der Waals surface area contributed by atoms with Gasteiger partial charge in [-0.2, -0.15) is 0 Å². The van der Waals surface area contributed by atoms with Gasteiger partial charge in [-0.05, 0) is 63.5 Å². The van der Waals surface area contributed by atoms with E-state index in [-0.39, 0.29) is 17.8 Å². The maximum Gasteiger partial charge on any atom is 0.276 e. The molecular formula is C18H22FN5O. The van der Waals surface area contributed by atoms with Crippen molar-refractivity contribution in [2.75, 3.05) is 20.1 Å². The largest absolute Gasteiger partial charge is 0.333 e. The predicted molar refractivity (Wildman–Crippen MR) is 91.0 cm³/mol. The van der Waals surface area contributed by atoms with Gasteiger partial charge in [-0.25, -0.2) is 9.07 Å². The van der Waals surface area contributed by atoms with Gasteiger partial charge in [0, 0.05) is 18.6 Å². The van der Waals surface area contributed by atoms with E-state index in [0.717, 1.165) is 32.4 Å². The van der Waals surface area contributed by atoms with Gasteiger partial charge in [-0.3, -0.25) is 4.79 Å². The lowest BCUT2D eigenvalue weighted by Crippen LogP contribution is -2.47. The molecule has 2 fully saturated rings. The maximum atomic E-state index is 13.1. The lowest BCUT2D eigenvalue weighted by atomic mass is 10.0. The monoisotopic (exact) mass is 343 g/mol. The summed E-state index contributed by atoms with van der Waals surface area (Å²) in [4.78, 5) is 17.3. The van der Waals surface area contributed by atoms with Crippen molar-refractivity contribution in [2.45, 2.75) is 37.8 Å². The SMILES string of the molecule is CN1CCC[C@H]1[C@H]1CCCN1C(=O)c1cn(-c2ccc(F)cc2)nn1. The first-order valence-corrected chi connectivity index (χ1v) is 8.83. The van der Waals surface area contributed by atoms with E-state index in [1.165, 1.54) is 23.2 Å². The van der Waals surface area contributed by atoms with Crippen LogP contribution in [0.3, 0.4) is 0 Å². The van der Waals surface area contributed by atoms with Crippen LogP contribution in [0.5, 0.6) is 0 Å². The van der Waals surface area contributed by atoms with Gasteiger partial charge < -0.3 is 9.80 Å². The number of nitrogens with zero attached hydrogens (tertiary/aromatic N) is 5. The van der Waals surface area contributed by atoms with E-state index >= 15 is 0 Å². The molecule has 0 radical (unpaired) electrons. The minimum atomic E-state index is -0.305. The fourth-order valence-electron chi connectivity index (χ4n) is 4.10. The zero-order valence-corrected chi connectivity index (χ0v) is 14.3. The van der Waals surface area contributed by atoms with Crippen molar-refractivity contribution >= 4 is 5.91 Å². The van der Waals surface area contributed by atoms with Crippen LogP contribution in [0, 0.1) is 5.82 Å². The highest BCUT2D eigenvalue weighted by Gasteiger charge is 2.39. The molecular weight excluding hydrogens is 321 g/mol. The first kappa shape index (κ1) is 16.2. The number of rotatable bonds is 3. The van der Waals surface area contributed by atoms with Crippen LogP contribution in [0.4, 0.5) is 4.39 Å². The molecule has 132 valence electrons. The summed E-state index contributed by atoms with van der Waals surface area (Å²) in [6.07, 6.45) is 6.05. The normalized spacial score (nSPS) is 24.2. The van der Waals surface area contributed by atoms with E-state index in [0.29, 0.717) is 17.4 Å². The molecule has 0 spiro atoms. The van der Waals surface area contributed by atoms with Gasteiger partial charge in [0.15, 0.2) is 5.69 Å². The Kier molecular flexibility index (Phi) is 4.25. The van der Waals surface area contributed by atoms with Crippen molar-refractivity contribution in [3.05, 3.63) is 42.0 Å². The van der Waals surface area contributed by atoms with Crippen LogP contribution in [0.1, 0.15) is 36.2 Å². The lowest BCUT2D eigenvalue weighted by Gasteiger charge is -2.32. The van der Waals surface area contributed by atoms with Crippen molar-refractivity contribution in [3.63, 3.8) is 0 Å². The molecule has 0 saturated carbocycles. The minimum absolute atomic E-state index is 0.0591. The molecule has 0 N–H and O–H groups in total. The van der Waals surface area contributed by atoms with Gasteiger partial charge in [0.05, 0.1) is 11.9 Å². The van der Waals surface area contributed by atoms with E-state index in [2.05, 4.69) is 22.3 Å². The average Bonchev–Trinajstić information content (AvgIpc) is 3.35. The summed E-state index contributed by atoms with van der Waals surface area (Å²) in [6.45, 7) is 1.88. The van der Waals surface area contributed by atoms with Crippen LogP contribution in [0.15, 0.2) is 30.5 Å². The number of carbonyl (C=O) groups excluding carboxylic acids is 1. The van der Waals surface area contributed by atoms with E-state index in [1.54, 1.807) is 18.3 Å². The Balaban J connectivity index is 1.53. The van der Waals surface area contributed by atoms with Crippen LogP contribution in [-0.4, -0.2) is 62.9 Å². The lowest BCUT2D eigenvalue weighted by molar-refractivity contribution is 0.0658. The number of benzene rings is 1. The molecule has 2 aromatic rings. The predicted octanol–water partition coefficient (Wildman–Crippen LogP) is 2.11. The molecule has 7 heteroatoms. The molecule has 25 heavy (non-hydrogen) atoms. The Labute approximate surface area is 146 Å². The second kappa shape index (κ2) is 6.55. The topological polar surface area (TPSA) is 54.3 Å². The molecule has 2 saturated heterocycles. The molecule has 3 heterocycles. The second-order valence-corrected chi connectivity index (χ2v) is 6.92. The van der Waals surface area contributed by atoms with Crippen LogP contribution in [0.2, 0.25) is 0 Å². The first-order chi connectivity index (χ1) is 12.1. The molecule has 4 rings (SSSR count). The van der Waals surface area contributed by atoms with Crippen molar-refractivity contribution < 1.29 is 9.18 Å². The second-order valence-electron chi connectivity index (χ2n) is 6.92. The van der Waals surface area contributed by atoms with E-state index < -0.39 is 0 Å². The summed E-state index contributed by atoms with van der Waals surface area (Å²) in [7, 11) is 2.14. The number of carbonyl (C=O) groups is 1.